The van der Waals surface area contributed by atoms with Crippen LogP contribution >= 0.6 is 11.6 Å². The van der Waals surface area contributed by atoms with Gasteiger partial charge in [0.05, 0.1) is 23.7 Å². The van der Waals surface area contributed by atoms with Crippen molar-refractivity contribution >= 4 is 35.2 Å². The lowest BCUT2D eigenvalue weighted by Crippen LogP contribution is -2.35. The van der Waals surface area contributed by atoms with Crippen LogP contribution in [0.15, 0.2) is 105 Å². The number of carbonyl (C=O) groups is 2. The van der Waals surface area contributed by atoms with Gasteiger partial charge in [-0.2, -0.15) is 26.3 Å². The molecule has 0 amide bonds. The van der Waals surface area contributed by atoms with Crippen molar-refractivity contribution in [2.45, 2.75) is 31.1 Å². The molecule has 2 heterocycles. The minimum Gasteiger partial charge on any atom is -0.463 e. The van der Waals surface area contributed by atoms with Gasteiger partial charge in [0.2, 0.25) is 0 Å². The van der Waals surface area contributed by atoms with Crippen LogP contribution in [0.5, 0.6) is 0 Å². The average molecular weight is 715 g/mol. The Labute approximate surface area is 278 Å². The third-order valence-corrected chi connectivity index (χ3v) is 7.52. The van der Waals surface area contributed by atoms with E-state index in [0.717, 1.165) is 24.5 Å². The highest BCUT2D eigenvalue weighted by Crippen LogP contribution is 2.46. The Bertz CT molecular complexity index is 1850. The fourth-order valence-corrected chi connectivity index (χ4v) is 5.43. The lowest BCUT2D eigenvalue weighted by molar-refractivity contribution is -0.141. The molecule has 2 atom stereocenters. The van der Waals surface area contributed by atoms with Gasteiger partial charge in [0, 0.05) is 40.1 Å². The number of rotatable bonds is 8. The van der Waals surface area contributed by atoms with E-state index in [-0.39, 0.29) is 28.3 Å². The van der Waals surface area contributed by atoms with Crippen molar-refractivity contribution in [2.24, 2.45) is 27.2 Å². The molecule has 0 bridgehead atoms. The first-order chi connectivity index (χ1) is 23.0. The molecule has 260 valence electrons. The van der Waals surface area contributed by atoms with Crippen LogP contribution in [0.2, 0.25) is 5.02 Å². The number of hydrogen-bond acceptors (Lipinski definition) is 10. The molecule has 10 nitrogen and oxygen atoms in total. The van der Waals surface area contributed by atoms with E-state index < -0.39 is 88.5 Å². The molecule has 49 heavy (non-hydrogen) atoms. The molecule has 2 unspecified atom stereocenters. The molecule has 7 N–H and O–H groups in total. The molecular formula is C31H26ClF7N6O4. The lowest BCUT2D eigenvalue weighted by Gasteiger charge is -2.29. The number of esters is 2. The molecule has 0 fully saturated rings. The van der Waals surface area contributed by atoms with Gasteiger partial charge in [-0.15, -0.1) is 0 Å². The molecule has 2 aromatic carbocycles. The second-order valence-electron chi connectivity index (χ2n) is 10.1. The summed E-state index contributed by atoms with van der Waals surface area (Å²) in [6.45, 7) is 0.0751. The zero-order chi connectivity index (χ0) is 36.3. The zero-order valence-electron chi connectivity index (χ0n) is 25.1. The maximum atomic E-state index is 15.1. The summed E-state index contributed by atoms with van der Waals surface area (Å²) >= 11 is 6.27. The van der Waals surface area contributed by atoms with Crippen LogP contribution in [0, 0.1) is 5.82 Å². The van der Waals surface area contributed by atoms with Crippen molar-refractivity contribution < 1.29 is 49.8 Å². The maximum absolute atomic E-state index is 15.1. The summed E-state index contributed by atoms with van der Waals surface area (Å²) < 4.78 is 110. The van der Waals surface area contributed by atoms with Crippen LogP contribution in [-0.4, -0.2) is 49.3 Å². The van der Waals surface area contributed by atoms with Crippen LogP contribution in [0.3, 0.4) is 0 Å². The molecule has 2 aliphatic rings. The van der Waals surface area contributed by atoms with Gasteiger partial charge in [-0.25, -0.2) is 24.0 Å². The van der Waals surface area contributed by atoms with Crippen LogP contribution in [0.1, 0.15) is 29.9 Å². The Morgan fingerprint density at radius 3 is 1.84 bits per heavy atom. The summed E-state index contributed by atoms with van der Waals surface area (Å²) in [4.78, 5) is 33.0. The van der Waals surface area contributed by atoms with Crippen molar-refractivity contribution in [1.29, 1.82) is 0 Å². The monoisotopic (exact) mass is 714 g/mol. The minimum atomic E-state index is -5.23. The first-order valence-corrected chi connectivity index (χ1v) is 14.4. The Morgan fingerprint density at radius 1 is 0.837 bits per heavy atom. The number of nitrogens with zero attached hydrogens (tertiary/aromatic N) is 2. The molecule has 0 aromatic heterocycles. The molecule has 2 aliphatic heterocycles. The van der Waals surface area contributed by atoms with Gasteiger partial charge in [-0.3, -0.25) is 0 Å². The van der Waals surface area contributed by atoms with Crippen molar-refractivity contribution in [2.75, 3.05) is 13.3 Å². The largest absolute Gasteiger partial charge is 0.463 e. The Kier molecular flexibility index (Phi) is 10.8. The summed E-state index contributed by atoms with van der Waals surface area (Å²) in [7, 11) is 0. The molecular weight excluding hydrogens is 689 g/mol. The van der Waals surface area contributed by atoms with Gasteiger partial charge in [0.25, 0.3) is 0 Å². The average Bonchev–Trinajstić information content (AvgIpc) is 3.02. The zero-order valence-corrected chi connectivity index (χ0v) is 25.9. The smallest absolute Gasteiger partial charge is 0.434 e. The summed E-state index contributed by atoms with van der Waals surface area (Å²) in [6, 6.07) is 10.3. The van der Waals surface area contributed by atoms with Gasteiger partial charge in [0.1, 0.15) is 17.5 Å². The van der Waals surface area contributed by atoms with Crippen molar-refractivity contribution in [3.63, 3.8) is 0 Å². The lowest BCUT2D eigenvalue weighted by atomic mass is 9.81. The van der Waals surface area contributed by atoms with E-state index in [1.165, 1.54) is 43.3 Å². The molecule has 18 heteroatoms. The van der Waals surface area contributed by atoms with Gasteiger partial charge in [-0.1, -0.05) is 48.0 Å². The summed E-state index contributed by atoms with van der Waals surface area (Å²) in [5.74, 6) is -8.88. The van der Waals surface area contributed by atoms with Crippen LogP contribution < -0.4 is 22.5 Å². The highest BCUT2D eigenvalue weighted by atomic mass is 35.5. The molecule has 4 rings (SSSR count). The fourth-order valence-electron chi connectivity index (χ4n) is 5.18. The first-order valence-electron chi connectivity index (χ1n) is 14.0. The Morgan fingerprint density at radius 2 is 1.33 bits per heavy atom. The molecule has 0 spiro atoms. The van der Waals surface area contributed by atoms with Crippen molar-refractivity contribution in [1.82, 2.24) is 5.32 Å². The number of hydrogen-bond donors (Lipinski definition) is 4. The van der Waals surface area contributed by atoms with Gasteiger partial charge in [-0.05, 0) is 24.6 Å². The molecule has 0 saturated heterocycles. The second kappa shape index (κ2) is 14.4. The molecule has 0 aliphatic carbocycles. The SMILES string of the molecule is CCOC(=O)C1=C(C(F)(F)F)N=C(N)/C(=C\NCOC(=O)C2=C(C(F)(F)F)N=C(N)/C(=C\N)C2c2ccccc2Cl)C1c1ccccc1F. The number of nitrogens with one attached hydrogen (secondary N) is 1. The summed E-state index contributed by atoms with van der Waals surface area (Å²) in [5, 5.41) is 2.36. The number of aliphatic imine (C=N–C) groups is 2. The number of allylic oxidation sites excluding steroid dienone is 2. The number of ether oxygens (including phenoxy) is 2. The summed E-state index contributed by atoms with van der Waals surface area (Å²) in [6.07, 6.45) is -8.69. The number of benzene rings is 2. The molecule has 2 aromatic rings. The van der Waals surface area contributed by atoms with Crippen LogP contribution in [0.4, 0.5) is 30.7 Å². The van der Waals surface area contributed by atoms with Crippen LogP contribution in [0.25, 0.3) is 0 Å². The Balaban J connectivity index is 1.75. The van der Waals surface area contributed by atoms with Crippen molar-refractivity contribution in [3.8, 4) is 0 Å². The predicted octanol–water partition coefficient (Wildman–Crippen LogP) is 5.10. The highest BCUT2D eigenvalue weighted by molar-refractivity contribution is 6.31. The number of carbonyl (C=O) groups excluding carboxylic acids is 2. The normalized spacial score (nSPS) is 20.3. The second-order valence-corrected chi connectivity index (χ2v) is 10.6. The topological polar surface area (TPSA) is 167 Å². The summed E-state index contributed by atoms with van der Waals surface area (Å²) in [5.41, 5.74) is 10.9. The van der Waals surface area contributed by atoms with E-state index in [9.17, 15) is 35.9 Å². The third-order valence-electron chi connectivity index (χ3n) is 7.17. The quantitative estimate of drug-likeness (QED) is 0.127. The van der Waals surface area contributed by atoms with E-state index in [2.05, 4.69) is 15.3 Å². The fraction of sp³-hybridized carbons (Fsp3) is 0.226. The van der Waals surface area contributed by atoms with E-state index >= 15 is 4.39 Å². The number of amidine groups is 2. The Hall–Kier alpha value is -5.32. The number of halogens is 8. The van der Waals surface area contributed by atoms with E-state index in [1.807, 2.05) is 0 Å². The van der Waals surface area contributed by atoms with Gasteiger partial charge in [0.15, 0.2) is 18.1 Å². The van der Waals surface area contributed by atoms with Crippen LogP contribution in [-0.2, 0) is 19.1 Å². The third kappa shape index (κ3) is 7.56. The van der Waals surface area contributed by atoms with E-state index in [1.54, 1.807) is 0 Å². The number of alkyl halides is 6. The van der Waals surface area contributed by atoms with Crippen molar-refractivity contribution in [3.05, 3.63) is 117 Å². The highest BCUT2D eigenvalue weighted by Gasteiger charge is 2.48. The number of nitrogens with two attached hydrogens (primary N) is 3. The maximum Gasteiger partial charge on any atom is 0.434 e. The molecule has 0 saturated carbocycles. The van der Waals surface area contributed by atoms with E-state index in [0.29, 0.717) is 0 Å². The predicted molar refractivity (Wildman–Crippen MR) is 164 cm³/mol. The molecule has 0 radical (unpaired) electrons. The van der Waals surface area contributed by atoms with E-state index in [4.69, 9.17) is 38.3 Å². The minimum absolute atomic E-state index is 0.0140. The first kappa shape index (κ1) is 36.5. The standard InChI is InChI=1S/C31H26ClF7N6O4/c1-2-48-28(46)23-21(15-8-4-6-10-19(15)33)17(27(42)45-25(23)31(37,38)39)12-43-13-49-29(47)22-20(14-7-3-5-9-18(14)32)16(11-40)26(41)44-24(22)30(34,35)36/h3-12,20-21,43H,2,13,40H2,1H3,(H2,41,44)(H2,42,45)/b16-11-,17-12-. The van der Waals surface area contributed by atoms with Gasteiger partial charge >= 0.3 is 24.3 Å². The van der Waals surface area contributed by atoms with Gasteiger partial charge < -0.3 is 32.0 Å².